The first kappa shape index (κ1) is 19.1. The molecule has 2 aliphatic heterocycles. The van der Waals surface area contributed by atoms with Crippen LogP contribution in [0, 0.1) is 6.92 Å². The fraction of sp³-hybridized carbons (Fsp3) is 0.478. The smallest absolute Gasteiger partial charge is 0.255 e. The summed E-state index contributed by atoms with van der Waals surface area (Å²) in [6, 6.07) is 14.6. The number of hydrogen-bond donors (Lipinski definition) is 0. The molecule has 2 aromatic rings. The zero-order chi connectivity index (χ0) is 19.6. The minimum Gasteiger partial charge on any atom is -0.360 e. The maximum Gasteiger partial charge on any atom is 0.255 e. The van der Waals surface area contributed by atoms with Crippen molar-refractivity contribution in [2.45, 2.75) is 44.8 Å². The number of amides is 1. The summed E-state index contributed by atoms with van der Waals surface area (Å²) >= 11 is 0. The van der Waals surface area contributed by atoms with Crippen LogP contribution >= 0.6 is 0 Å². The molecule has 0 aliphatic carbocycles. The Morgan fingerprint density at radius 2 is 1.89 bits per heavy atom. The number of ether oxygens (including phenoxy) is 1. The molecule has 0 radical (unpaired) electrons. The minimum absolute atomic E-state index is 0.0304. The molecule has 1 aromatic carbocycles. The van der Waals surface area contributed by atoms with Gasteiger partial charge in [-0.1, -0.05) is 30.3 Å². The highest BCUT2D eigenvalue weighted by Crippen LogP contribution is 2.34. The topological polar surface area (TPSA) is 45.7 Å². The monoisotopic (exact) mass is 379 g/mol. The number of aromatic nitrogens is 1. The van der Waals surface area contributed by atoms with Gasteiger partial charge >= 0.3 is 0 Å². The first-order chi connectivity index (χ1) is 13.5. The maximum atomic E-state index is 12.7. The van der Waals surface area contributed by atoms with E-state index >= 15 is 0 Å². The van der Waals surface area contributed by atoms with Crippen molar-refractivity contribution in [3.05, 3.63) is 59.9 Å². The van der Waals surface area contributed by atoms with Crippen LogP contribution in [0.3, 0.4) is 0 Å². The van der Waals surface area contributed by atoms with E-state index in [9.17, 15) is 4.79 Å². The van der Waals surface area contributed by atoms with Gasteiger partial charge in [0.05, 0.1) is 24.0 Å². The lowest BCUT2D eigenvalue weighted by atomic mass is 9.88. The van der Waals surface area contributed by atoms with Crippen molar-refractivity contribution >= 4 is 11.6 Å². The molecule has 148 valence electrons. The third-order valence-electron chi connectivity index (χ3n) is 6.02. The van der Waals surface area contributed by atoms with Gasteiger partial charge in [-0.05, 0) is 50.8 Å². The summed E-state index contributed by atoms with van der Waals surface area (Å²) in [6.45, 7) is 7.54. The fourth-order valence-electron chi connectivity index (χ4n) is 4.28. The van der Waals surface area contributed by atoms with Gasteiger partial charge in [0, 0.05) is 25.3 Å². The number of rotatable bonds is 4. The average molecular weight is 380 g/mol. The van der Waals surface area contributed by atoms with Crippen LogP contribution in [-0.2, 0) is 16.0 Å². The summed E-state index contributed by atoms with van der Waals surface area (Å²) in [5.41, 5.74) is 2.96. The Kier molecular flexibility index (Phi) is 5.47. The van der Waals surface area contributed by atoms with Crippen LogP contribution in [0.4, 0.5) is 5.69 Å². The Labute approximate surface area is 167 Å². The number of aryl methyl sites for hydroxylation is 1. The SMILES string of the molecule is Cc1ccc(N2CC3(CCN(CCc4ccccc4)CC3)OC(C)C2=O)cn1. The minimum atomic E-state index is -0.411. The summed E-state index contributed by atoms with van der Waals surface area (Å²) in [5, 5.41) is 0. The summed E-state index contributed by atoms with van der Waals surface area (Å²) in [7, 11) is 0. The number of likely N-dealkylation sites (tertiary alicyclic amines) is 1. The summed E-state index contributed by atoms with van der Waals surface area (Å²) in [4.78, 5) is 21.5. The van der Waals surface area contributed by atoms with E-state index in [-0.39, 0.29) is 11.5 Å². The van der Waals surface area contributed by atoms with E-state index in [1.54, 1.807) is 6.20 Å². The van der Waals surface area contributed by atoms with Crippen molar-refractivity contribution in [1.29, 1.82) is 0 Å². The van der Waals surface area contributed by atoms with Crippen molar-refractivity contribution in [2.24, 2.45) is 0 Å². The van der Waals surface area contributed by atoms with Crippen LogP contribution in [-0.4, -0.2) is 53.7 Å². The molecule has 5 nitrogen and oxygen atoms in total. The number of hydrogen-bond acceptors (Lipinski definition) is 4. The number of pyridine rings is 1. The van der Waals surface area contributed by atoms with Gasteiger partial charge in [-0.3, -0.25) is 9.78 Å². The third kappa shape index (κ3) is 4.10. The summed E-state index contributed by atoms with van der Waals surface area (Å²) in [6.07, 6.45) is 4.37. The number of carbonyl (C=O) groups is 1. The number of benzene rings is 1. The molecule has 1 spiro atoms. The highest BCUT2D eigenvalue weighted by atomic mass is 16.5. The molecule has 2 fully saturated rings. The van der Waals surface area contributed by atoms with Gasteiger partial charge < -0.3 is 14.5 Å². The molecule has 5 heteroatoms. The first-order valence-electron chi connectivity index (χ1n) is 10.2. The molecule has 4 rings (SSSR count). The Hall–Kier alpha value is -2.24. The summed E-state index contributed by atoms with van der Waals surface area (Å²) in [5.74, 6) is 0.0304. The average Bonchev–Trinajstić information content (AvgIpc) is 2.72. The molecule has 1 unspecified atom stereocenters. The van der Waals surface area contributed by atoms with Crippen molar-refractivity contribution in [1.82, 2.24) is 9.88 Å². The van der Waals surface area contributed by atoms with Crippen molar-refractivity contribution in [2.75, 3.05) is 31.1 Å². The molecule has 2 aliphatic rings. The maximum absolute atomic E-state index is 12.7. The molecular formula is C23H29N3O2. The molecule has 0 bridgehead atoms. The quantitative estimate of drug-likeness (QED) is 0.818. The molecule has 0 N–H and O–H groups in total. The van der Waals surface area contributed by atoms with E-state index < -0.39 is 6.10 Å². The Morgan fingerprint density at radius 1 is 1.14 bits per heavy atom. The van der Waals surface area contributed by atoms with Crippen molar-refractivity contribution < 1.29 is 9.53 Å². The lowest BCUT2D eigenvalue weighted by Gasteiger charge is -2.49. The van der Waals surface area contributed by atoms with Crippen LogP contribution in [0.25, 0.3) is 0 Å². The third-order valence-corrected chi connectivity index (χ3v) is 6.02. The fourth-order valence-corrected chi connectivity index (χ4v) is 4.28. The van der Waals surface area contributed by atoms with Gasteiger partial charge in [-0.25, -0.2) is 0 Å². The largest absolute Gasteiger partial charge is 0.360 e. The van der Waals surface area contributed by atoms with Crippen LogP contribution in [0.1, 0.15) is 31.0 Å². The zero-order valence-corrected chi connectivity index (χ0v) is 16.8. The highest BCUT2D eigenvalue weighted by molar-refractivity contribution is 5.97. The van der Waals surface area contributed by atoms with E-state index in [1.807, 2.05) is 30.9 Å². The van der Waals surface area contributed by atoms with E-state index in [0.717, 1.165) is 50.3 Å². The van der Waals surface area contributed by atoms with Crippen LogP contribution < -0.4 is 4.90 Å². The Balaban J connectivity index is 1.39. The van der Waals surface area contributed by atoms with E-state index in [2.05, 4.69) is 40.2 Å². The number of nitrogens with zero attached hydrogens (tertiary/aromatic N) is 3. The zero-order valence-electron chi connectivity index (χ0n) is 16.8. The second-order valence-electron chi connectivity index (χ2n) is 8.10. The van der Waals surface area contributed by atoms with E-state index in [4.69, 9.17) is 4.74 Å². The van der Waals surface area contributed by atoms with Gasteiger partial charge in [-0.2, -0.15) is 0 Å². The van der Waals surface area contributed by atoms with Crippen molar-refractivity contribution in [3.63, 3.8) is 0 Å². The molecule has 1 amide bonds. The lowest BCUT2D eigenvalue weighted by Crippen LogP contribution is -2.61. The van der Waals surface area contributed by atoms with Crippen LogP contribution in [0.15, 0.2) is 48.7 Å². The number of carbonyl (C=O) groups excluding carboxylic acids is 1. The molecule has 0 saturated carbocycles. The number of morpholine rings is 1. The molecular weight excluding hydrogens is 350 g/mol. The normalized spacial score (nSPS) is 22.6. The van der Waals surface area contributed by atoms with E-state index in [0.29, 0.717) is 6.54 Å². The second kappa shape index (κ2) is 8.02. The van der Waals surface area contributed by atoms with Crippen LogP contribution in [0.5, 0.6) is 0 Å². The highest BCUT2D eigenvalue weighted by Gasteiger charge is 2.45. The summed E-state index contributed by atoms with van der Waals surface area (Å²) < 4.78 is 6.28. The van der Waals surface area contributed by atoms with Gasteiger partial charge in [0.2, 0.25) is 0 Å². The number of anilines is 1. The molecule has 1 atom stereocenters. The van der Waals surface area contributed by atoms with Gasteiger partial charge in [0.15, 0.2) is 0 Å². The Morgan fingerprint density at radius 3 is 2.57 bits per heavy atom. The van der Waals surface area contributed by atoms with Crippen molar-refractivity contribution in [3.8, 4) is 0 Å². The van der Waals surface area contributed by atoms with Gasteiger partial charge in [-0.15, -0.1) is 0 Å². The standard InChI is InChI=1S/C23H29N3O2/c1-18-8-9-21(16-24-18)26-17-23(28-19(2)22(26)27)11-14-25(15-12-23)13-10-20-6-4-3-5-7-20/h3-9,16,19H,10-15,17H2,1-2H3. The first-order valence-corrected chi connectivity index (χ1v) is 10.2. The lowest BCUT2D eigenvalue weighted by molar-refractivity contribution is -0.161. The Bertz CT molecular complexity index is 798. The molecule has 3 heterocycles. The molecule has 1 aromatic heterocycles. The predicted octanol–water partition coefficient (Wildman–Crippen LogP) is 3.22. The van der Waals surface area contributed by atoms with Crippen LogP contribution in [0.2, 0.25) is 0 Å². The second-order valence-corrected chi connectivity index (χ2v) is 8.10. The van der Waals surface area contributed by atoms with Gasteiger partial charge in [0.25, 0.3) is 5.91 Å². The molecule has 28 heavy (non-hydrogen) atoms. The van der Waals surface area contributed by atoms with Gasteiger partial charge in [0.1, 0.15) is 6.10 Å². The van der Waals surface area contributed by atoms with E-state index in [1.165, 1.54) is 5.56 Å². The molecule has 2 saturated heterocycles. The number of piperidine rings is 1. The predicted molar refractivity (Wildman–Crippen MR) is 110 cm³/mol.